The van der Waals surface area contributed by atoms with Gasteiger partial charge in [0.15, 0.2) is 0 Å². The summed E-state index contributed by atoms with van der Waals surface area (Å²) in [5.41, 5.74) is 0. The van der Waals surface area contributed by atoms with Crippen molar-refractivity contribution < 1.29 is 0 Å². The Labute approximate surface area is 109 Å². The van der Waals surface area contributed by atoms with Gasteiger partial charge in [-0.15, -0.1) is 0 Å². The van der Waals surface area contributed by atoms with Gasteiger partial charge in [-0.25, -0.2) is 0 Å². The van der Waals surface area contributed by atoms with Crippen molar-refractivity contribution in [3.05, 3.63) is 23.2 Å². The van der Waals surface area contributed by atoms with Gasteiger partial charge in [-0.05, 0) is 0 Å². The molecule has 0 rings (SSSR count). The molecule has 0 saturated heterocycles. The van der Waals surface area contributed by atoms with Crippen molar-refractivity contribution in [2.75, 3.05) is 0 Å². The Kier molecular flexibility index (Phi) is 13.1. The van der Waals surface area contributed by atoms with Gasteiger partial charge >= 0.3 is 109 Å². The van der Waals surface area contributed by atoms with E-state index in [-0.39, 0.29) is 0 Å². The van der Waals surface area contributed by atoms with Gasteiger partial charge in [0.1, 0.15) is 0 Å². The molecule has 0 spiro atoms. The summed E-state index contributed by atoms with van der Waals surface area (Å²) in [7, 11) is 0. The van der Waals surface area contributed by atoms with Gasteiger partial charge in [-0.2, -0.15) is 0 Å². The maximum atomic E-state index is 4.11. The van der Waals surface area contributed by atoms with Crippen LogP contribution in [0.2, 0.25) is 5.32 Å². The van der Waals surface area contributed by atoms with Gasteiger partial charge in [-0.1, -0.05) is 0 Å². The van der Waals surface area contributed by atoms with Crippen LogP contribution < -0.4 is 0 Å². The zero-order chi connectivity index (χ0) is 12.1. The van der Waals surface area contributed by atoms with Crippen LogP contribution >= 0.6 is 0 Å². The van der Waals surface area contributed by atoms with Crippen LogP contribution in [0.1, 0.15) is 65.2 Å². The molecule has 1 heteroatoms. The van der Waals surface area contributed by atoms with Crippen molar-refractivity contribution in [1.29, 1.82) is 0 Å². The average molecular weight is 287 g/mol. The third kappa shape index (κ3) is 12.1. The van der Waals surface area contributed by atoms with Crippen LogP contribution in [-0.2, 0) is 0 Å². The standard InChI is InChI=1S/C15H28Se/c1-4-6-8-9-10-11-12-13-15(3)16-14-7-5-2/h12-13H,3-11,14H2,1-2H3/b13-12+. The second-order valence-electron chi connectivity index (χ2n) is 4.27. The number of allylic oxidation sites excluding steroid dienone is 3. The fraction of sp³-hybridized carbons (Fsp3) is 0.733. The van der Waals surface area contributed by atoms with E-state index in [1.807, 2.05) is 0 Å². The Morgan fingerprint density at radius 2 is 1.69 bits per heavy atom. The van der Waals surface area contributed by atoms with E-state index in [0.717, 1.165) is 0 Å². The van der Waals surface area contributed by atoms with Crippen molar-refractivity contribution in [3.8, 4) is 0 Å². The molecule has 0 nitrogen and oxygen atoms in total. The molecule has 0 bridgehead atoms. The first kappa shape index (κ1) is 16.0. The molecule has 0 atom stereocenters. The van der Waals surface area contributed by atoms with Gasteiger partial charge in [0.2, 0.25) is 0 Å². The normalized spacial score (nSPS) is 11.1. The summed E-state index contributed by atoms with van der Waals surface area (Å²) in [5, 5.41) is 1.36. The van der Waals surface area contributed by atoms with E-state index in [0.29, 0.717) is 15.0 Å². The molecule has 0 aliphatic carbocycles. The zero-order valence-electron chi connectivity index (χ0n) is 11.1. The molecule has 0 aliphatic heterocycles. The summed E-state index contributed by atoms with van der Waals surface area (Å²) in [5.74, 6) is 0. The molecule has 0 N–H and O–H groups in total. The predicted molar refractivity (Wildman–Crippen MR) is 77.1 cm³/mol. The van der Waals surface area contributed by atoms with Crippen LogP contribution in [0.15, 0.2) is 23.2 Å². The zero-order valence-corrected chi connectivity index (χ0v) is 12.8. The van der Waals surface area contributed by atoms with Crippen LogP contribution in [0.5, 0.6) is 0 Å². The fourth-order valence-corrected chi connectivity index (χ4v) is 3.34. The van der Waals surface area contributed by atoms with E-state index in [9.17, 15) is 0 Å². The molecular weight excluding hydrogens is 259 g/mol. The topological polar surface area (TPSA) is 0 Å². The van der Waals surface area contributed by atoms with E-state index in [1.54, 1.807) is 0 Å². The molecule has 0 unspecified atom stereocenters. The molecule has 0 amide bonds. The Balaban J connectivity index is 3.28. The molecule has 0 fully saturated rings. The summed E-state index contributed by atoms with van der Waals surface area (Å²) < 4.78 is 1.37. The predicted octanol–water partition coefficient (Wildman–Crippen LogP) is 5.34. The van der Waals surface area contributed by atoms with Gasteiger partial charge < -0.3 is 0 Å². The first-order valence-corrected chi connectivity index (χ1v) is 8.86. The molecule has 94 valence electrons. The first-order chi connectivity index (χ1) is 7.81. The van der Waals surface area contributed by atoms with E-state index in [4.69, 9.17) is 0 Å². The summed E-state index contributed by atoms with van der Waals surface area (Å²) in [6.07, 6.45) is 15.4. The van der Waals surface area contributed by atoms with Crippen LogP contribution in [0, 0.1) is 0 Å². The molecule has 0 aromatic carbocycles. The summed E-state index contributed by atoms with van der Waals surface area (Å²) in [6.45, 7) is 8.64. The number of unbranched alkanes of at least 4 members (excludes halogenated alkanes) is 6. The SMILES string of the molecule is C=C(/C=C/CCCCCCC)[Se]CCCC. The van der Waals surface area contributed by atoms with Crippen LogP contribution in [0.25, 0.3) is 0 Å². The van der Waals surface area contributed by atoms with E-state index in [2.05, 4.69) is 32.6 Å². The van der Waals surface area contributed by atoms with Crippen molar-refractivity contribution >= 4 is 15.0 Å². The van der Waals surface area contributed by atoms with Crippen LogP contribution in [-0.4, -0.2) is 15.0 Å². The Hall–Kier alpha value is -0.000519. The second kappa shape index (κ2) is 13.1. The quantitative estimate of drug-likeness (QED) is 0.273. The number of hydrogen-bond donors (Lipinski definition) is 0. The van der Waals surface area contributed by atoms with E-state index in [1.165, 1.54) is 61.2 Å². The van der Waals surface area contributed by atoms with Crippen molar-refractivity contribution in [2.45, 2.75) is 70.5 Å². The minimum atomic E-state index is 0.648. The molecule has 0 aliphatic rings. The van der Waals surface area contributed by atoms with Crippen LogP contribution in [0.4, 0.5) is 0 Å². The van der Waals surface area contributed by atoms with Crippen molar-refractivity contribution in [3.63, 3.8) is 0 Å². The van der Waals surface area contributed by atoms with Gasteiger partial charge in [0, 0.05) is 0 Å². The average Bonchev–Trinajstić information content (AvgIpc) is 2.28. The summed E-state index contributed by atoms with van der Waals surface area (Å²) >= 11 is 0.648. The molecule has 0 saturated carbocycles. The Morgan fingerprint density at radius 1 is 1.00 bits per heavy atom. The van der Waals surface area contributed by atoms with Gasteiger partial charge in [0.05, 0.1) is 0 Å². The first-order valence-electron chi connectivity index (χ1n) is 6.79. The second-order valence-corrected chi connectivity index (χ2v) is 6.84. The van der Waals surface area contributed by atoms with E-state index < -0.39 is 0 Å². The molecule has 0 aromatic rings. The monoisotopic (exact) mass is 288 g/mol. The summed E-state index contributed by atoms with van der Waals surface area (Å²) in [4.78, 5) is 0. The van der Waals surface area contributed by atoms with Crippen molar-refractivity contribution in [2.24, 2.45) is 0 Å². The third-order valence-electron chi connectivity index (χ3n) is 2.56. The van der Waals surface area contributed by atoms with Crippen LogP contribution in [0.3, 0.4) is 0 Å². The van der Waals surface area contributed by atoms with Gasteiger partial charge in [-0.3, -0.25) is 0 Å². The minimum absolute atomic E-state index is 0.648. The van der Waals surface area contributed by atoms with Crippen molar-refractivity contribution in [1.82, 2.24) is 0 Å². The molecule has 0 heterocycles. The van der Waals surface area contributed by atoms with E-state index >= 15 is 0 Å². The fourth-order valence-electron chi connectivity index (χ4n) is 1.48. The van der Waals surface area contributed by atoms with Gasteiger partial charge in [0.25, 0.3) is 0 Å². The molecule has 16 heavy (non-hydrogen) atoms. The third-order valence-corrected chi connectivity index (χ3v) is 4.66. The summed E-state index contributed by atoms with van der Waals surface area (Å²) in [6, 6.07) is 0. The Morgan fingerprint density at radius 3 is 2.38 bits per heavy atom. The number of hydrogen-bond acceptors (Lipinski definition) is 0. The Bertz CT molecular complexity index is 182. The maximum absolute atomic E-state index is 4.11. The molecule has 0 radical (unpaired) electrons. The number of rotatable bonds is 11. The molecule has 0 aromatic heterocycles. The molecular formula is C15H28Se.